The first kappa shape index (κ1) is 15.8. The Morgan fingerprint density at radius 2 is 2.24 bits per heavy atom. The van der Waals surface area contributed by atoms with Gasteiger partial charge in [0.05, 0.1) is 11.2 Å². The van der Waals surface area contributed by atoms with Gasteiger partial charge < -0.3 is 15.0 Å². The van der Waals surface area contributed by atoms with Crippen molar-refractivity contribution in [3.05, 3.63) is 29.3 Å². The Balaban J connectivity index is 2.25. The van der Waals surface area contributed by atoms with Crippen LogP contribution in [0.1, 0.15) is 42.6 Å². The van der Waals surface area contributed by atoms with Crippen molar-refractivity contribution in [2.24, 2.45) is 0 Å². The number of ether oxygens (including phenoxy) is 1. The number of benzene rings is 1. The Kier molecular flexibility index (Phi) is 4.88. The molecule has 1 aliphatic rings. The van der Waals surface area contributed by atoms with Crippen LogP contribution in [0.3, 0.4) is 0 Å². The second-order valence-electron chi connectivity index (χ2n) is 6.06. The number of amides is 1. The van der Waals surface area contributed by atoms with E-state index in [-0.39, 0.29) is 11.5 Å². The molecule has 116 valence electrons. The van der Waals surface area contributed by atoms with Gasteiger partial charge in [0.15, 0.2) is 0 Å². The van der Waals surface area contributed by atoms with Crippen LogP contribution in [0.15, 0.2) is 18.2 Å². The molecule has 1 N–H and O–H groups in total. The van der Waals surface area contributed by atoms with E-state index in [0.29, 0.717) is 6.54 Å². The van der Waals surface area contributed by atoms with Crippen molar-refractivity contribution in [1.82, 2.24) is 4.90 Å². The van der Waals surface area contributed by atoms with Crippen LogP contribution in [0.25, 0.3) is 0 Å². The highest BCUT2D eigenvalue weighted by Gasteiger charge is 2.33. The molecule has 1 saturated heterocycles. The summed E-state index contributed by atoms with van der Waals surface area (Å²) in [6, 6.07) is 5.99. The highest BCUT2D eigenvalue weighted by atomic mass is 16.5. The standard InChI is InChI=1S/C17H26N2O2/c1-5-18-15-8-7-13(2)11-14(15)16(20)19-10-6-9-17(3,12-19)21-4/h7-8,11,18H,5-6,9-10,12H2,1-4H3. The predicted molar refractivity (Wildman–Crippen MR) is 85.9 cm³/mol. The number of piperidine rings is 1. The summed E-state index contributed by atoms with van der Waals surface area (Å²) in [6.45, 7) is 8.39. The van der Waals surface area contributed by atoms with E-state index in [0.717, 1.165) is 42.7 Å². The zero-order valence-corrected chi connectivity index (χ0v) is 13.5. The average Bonchev–Trinajstić information content (AvgIpc) is 2.48. The molecule has 1 heterocycles. The van der Waals surface area contributed by atoms with Crippen LogP contribution in [0.5, 0.6) is 0 Å². The number of likely N-dealkylation sites (tertiary alicyclic amines) is 1. The maximum absolute atomic E-state index is 12.9. The van der Waals surface area contributed by atoms with Gasteiger partial charge in [0.1, 0.15) is 0 Å². The molecule has 1 amide bonds. The molecule has 1 fully saturated rings. The molecule has 0 spiro atoms. The number of hydrogen-bond donors (Lipinski definition) is 1. The van der Waals surface area contributed by atoms with Crippen LogP contribution >= 0.6 is 0 Å². The van der Waals surface area contributed by atoms with Gasteiger partial charge in [-0.25, -0.2) is 0 Å². The van der Waals surface area contributed by atoms with Gasteiger partial charge in [0.2, 0.25) is 0 Å². The molecule has 0 aromatic heterocycles. The van der Waals surface area contributed by atoms with E-state index in [9.17, 15) is 4.79 Å². The van der Waals surface area contributed by atoms with Gasteiger partial charge in [-0.05, 0) is 45.7 Å². The third-order valence-corrected chi connectivity index (χ3v) is 4.21. The number of hydrogen-bond acceptors (Lipinski definition) is 3. The normalized spacial score (nSPS) is 22.2. The summed E-state index contributed by atoms with van der Waals surface area (Å²) >= 11 is 0. The fourth-order valence-corrected chi connectivity index (χ4v) is 2.90. The lowest BCUT2D eigenvalue weighted by molar-refractivity contribution is -0.0439. The molecule has 0 radical (unpaired) electrons. The van der Waals surface area contributed by atoms with Crippen molar-refractivity contribution in [2.75, 3.05) is 32.1 Å². The number of carbonyl (C=O) groups excluding carboxylic acids is 1. The second-order valence-corrected chi connectivity index (χ2v) is 6.06. The van der Waals surface area contributed by atoms with Gasteiger partial charge in [-0.2, -0.15) is 0 Å². The van der Waals surface area contributed by atoms with Gasteiger partial charge in [0, 0.05) is 32.4 Å². The van der Waals surface area contributed by atoms with Crippen LogP contribution < -0.4 is 5.32 Å². The summed E-state index contributed by atoms with van der Waals surface area (Å²) in [6.07, 6.45) is 1.99. The van der Waals surface area contributed by atoms with E-state index in [1.807, 2.05) is 36.9 Å². The molecular weight excluding hydrogens is 264 g/mol. The molecule has 2 rings (SSSR count). The molecule has 1 unspecified atom stereocenters. The van der Waals surface area contributed by atoms with Crippen molar-refractivity contribution < 1.29 is 9.53 Å². The van der Waals surface area contributed by atoms with Gasteiger partial charge in [-0.15, -0.1) is 0 Å². The Labute approximate surface area is 127 Å². The summed E-state index contributed by atoms with van der Waals surface area (Å²) in [5.74, 6) is 0.0950. The minimum atomic E-state index is -0.226. The summed E-state index contributed by atoms with van der Waals surface area (Å²) in [5.41, 5.74) is 2.55. The van der Waals surface area contributed by atoms with Crippen LogP contribution in [0.2, 0.25) is 0 Å². The molecule has 1 atom stereocenters. The Hall–Kier alpha value is -1.55. The van der Waals surface area contributed by atoms with E-state index in [1.54, 1.807) is 7.11 Å². The summed E-state index contributed by atoms with van der Waals surface area (Å²) < 4.78 is 5.59. The van der Waals surface area contributed by atoms with E-state index in [1.165, 1.54) is 0 Å². The SMILES string of the molecule is CCNc1ccc(C)cc1C(=O)N1CCCC(C)(OC)C1. The van der Waals surface area contributed by atoms with Crippen LogP contribution in [0, 0.1) is 6.92 Å². The molecule has 4 heteroatoms. The lowest BCUT2D eigenvalue weighted by Crippen LogP contribution is -2.49. The molecule has 21 heavy (non-hydrogen) atoms. The Morgan fingerprint density at radius 1 is 1.48 bits per heavy atom. The fourth-order valence-electron chi connectivity index (χ4n) is 2.90. The number of rotatable bonds is 4. The molecular formula is C17H26N2O2. The van der Waals surface area contributed by atoms with Crippen molar-refractivity contribution in [3.8, 4) is 0 Å². The largest absolute Gasteiger partial charge is 0.385 e. The highest BCUT2D eigenvalue weighted by molar-refractivity contribution is 6.00. The monoisotopic (exact) mass is 290 g/mol. The maximum atomic E-state index is 12.9. The van der Waals surface area contributed by atoms with E-state index < -0.39 is 0 Å². The maximum Gasteiger partial charge on any atom is 0.256 e. The lowest BCUT2D eigenvalue weighted by atomic mass is 9.94. The number of carbonyl (C=O) groups is 1. The van der Waals surface area contributed by atoms with Crippen molar-refractivity contribution >= 4 is 11.6 Å². The topological polar surface area (TPSA) is 41.6 Å². The van der Waals surface area contributed by atoms with Gasteiger partial charge >= 0.3 is 0 Å². The molecule has 4 nitrogen and oxygen atoms in total. The van der Waals surface area contributed by atoms with Crippen LogP contribution in [-0.2, 0) is 4.74 Å². The number of aryl methyl sites for hydroxylation is 1. The molecule has 1 aromatic rings. The minimum Gasteiger partial charge on any atom is -0.385 e. The Bertz CT molecular complexity index is 516. The summed E-state index contributed by atoms with van der Waals surface area (Å²) in [4.78, 5) is 14.8. The quantitative estimate of drug-likeness (QED) is 0.926. The van der Waals surface area contributed by atoms with Crippen LogP contribution in [0.4, 0.5) is 5.69 Å². The Morgan fingerprint density at radius 3 is 2.90 bits per heavy atom. The van der Waals surface area contributed by atoms with Crippen LogP contribution in [-0.4, -0.2) is 43.2 Å². The van der Waals surface area contributed by atoms with Gasteiger partial charge in [-0.3, -0.25) is 4.79 Å². The van der Waals surface area contributed by atoms with Crippen molar-refractivity contribution in [3.63, 3.8) is 0 Å². The lowest BCUT2D eigenvalue weighted by Gasteiger charge is -2.39. The number of methoxy groups -OCH3 is 1. The number of anilines is 1. The second kappa shape index (κ2) is 6.48. The van der Waals surface area contributed by atoms with Gasteiger partial charge in [-0.1, -0.05) is 11.6 Å². The molecule has 0 bridgehead atoms. The van der Waals surface area contributed by atoms with Crippen molar-refractivity contribution in [2.45, 2.75) is 39.2 Å². The zero-order chi connectivity index (χ0) is 15.5. The first-order valence-electron chi connectivity index (χ1n) is 7.68. The van der Waals surface area contributed by atoms with E-state index in [2.05, 4.69) is 12.2 Å². The predicted octanol–water partition coefficient (Wildman–Crippen LogP) is 3.07. The fraction of sp³-hybridized carbons (Fsp3) is 0.588. The minimum absolute atomic E-state index is 0.0950. The summed E-state index contributed by atoms with van der Waals surface area (Å²) in [5, 5.41) is 3.28. The number of nitrogens with one attached hydrogen (secondary N) is 1. The van der Waals surface area contributed by atoms with E-state index in [4.69, 9.17) is 4.74 Å². The molecule has 1 aromatic carbocycles. The highest BCUT2D eigenvalue weighted by Crippen LogP contribution is 2.27. The third-order valence-electron chi connectivity index (χ3n) is 4.21. The van der Waals surface area contributed by atoms with E-state index >= 15 is 0 Å². The number of nitrogens with zero attached hydrogens (tertiary/aromatic N) is 1. The zero-order valence-electron chi connectivity index (χ0n) is 13.5. The molecule has 0 aliphatic carbocycles. The smallest absolute Gasteiger partial charge is 0.256 e. The first-order valence-corrected chi connectivity index (χ1v) is 7.68. The average molecular weight is 290 g/mol. The van der Waals surface area contributed by atoms with Gasteiger partial charge in [0.25, 0.3) is 5.91 Å². The first-order chi connectivity index (χ1) is 9.99. The van der Waals surface area contributed by atoms with Crippen molar-refractivity contribution in [1.29, 1.82) is 0 Å². The molecule has 1 aliphatic heterocycles. The summed E-state index contributed by atoms with van der Waals surface area (Å²) in [7, 11) is 1.73. The molecule has 0 saturated carbocycles. The third kappa shape index (κ3) is 3.56.